The van der Waals surface area contributed by atoms with Gasteiger partial charge in [0, 0.05) is 32.6 Å². The Hall–Kier alpha value is -4.57. The van der Waals surface area contributed by atoms with E-state index < -0.39 is 22.7 Å². The average molecular weight is 546 g/mol. The predicted octanol–water partition coefficient (Wildman–Crippen LogP) is 6.06. The van der Waals surface area contributed by atoms with Gasteiger partial charge in [-0.25, -0.2) is 9.69 Å². The van der Waals surface area contributed by atoms with E-state index in [9.17, 15) is 29.6 Å². The second-order valence-electron chi connectivity index (χ2n) is 8.19. The van der Waals surface area contributed by atoms with Crippen molar-refractivity contribution in [3.05, 3.63) is 104 Å². The standard InChI is InChI=1S/C26H16BrN3O6/c1-13-5-6-14(26(33)34)11-20(13)29-24(31)18-4-2-3-17-22(18)19(25(29)32)12-21(30(35)36)23(17)28-16-9-7-15(27)8-10-16/h2-12,28H,1H3,(H,33,34). The molecule has 0 radical (unpaired) electrons. The number of aromatic carboxylic acids is 1. The lowest BCUT2D eigenvalue weighted by molar-refractivity contribution is -0.383. The number of hydrogen-bond donors (Lipinski definition) is 2. The Balaban J connectivity index is 1.74. The molecule has 0 atom stereocenters. The van der Waals surface area contributed by atoms with Crippen molar-refractivity contribution in [2.45, 2.75) is 6.92 Å². The van der Waals surface area contributed by atoms with E-state index in [0.717, 1.165) is 15.4 Å². The molecule has 1 heterocycles. The minimum Gasteiger partial charge on any atom is -0.478 e. The van der Waals surface area contributed by atoms with Gasteiger partial charge in [0.15, 0.2) is 0 Å². The van der Waals surface area contributed by atoms with Gasteiger partial charge in [0.05, 0.1) is 21.7 Å². The molecule has 0 saturated carbocycles. The van der Waals surface area contributed by atoms with Gasteiger partial charge in [-0.3, -0.25) is 19.7 Å². The molecule has 1 aliphatic heterocycles. The van der Waals surface area contributed by atoms with Crippen LogP contribution in [0.5, 0.6) is 0 Å². The summed E-state index contributed by atoms with van der Waals surface area (Å²) in [7, 11) is 0. The summed E-state index contributed by atoms with van der Waals surface area (Å²) >= 11 is 3.35. The Kier molecular flexibility index (Phi) is 5.52. The zero-order valence-electron chi connectivity index (χ0n) is 18.6. The largest absolute Gasteiger partial charge is 0.478 e. The van der Waals surface area contributed by atoms with Crippen LogP contribution in [0.3, 0.4) is 0 Å². The van der Waals surface area contributed by atoms with Crippen LogP contribution < -0.4 is 10.2 Å². The number of hydrogen-bond acceptors (Lipinski definition) is 6. The molecule has 10 heteroatoms. The quantitative estimate of drug-likeness (QED) is 0.177. The molecule has 0 saturated heterocycles. The maximum atomic E-state index is 13.6. The third kappa shape index (κ3) is 3.68. The van der Waals surface area contributed by atoms with E-state index in [-0.39, 0.29) is 33.8 Å². The molecule has 0 aliphatic carbocycles. The number of rotatable bonds is 5. The number of imide groups is 1. The Morgan fingerprint density at radius 1 is 1.00 bits per heavy atom. The third-order valence-corrected chi connectivity index (χ3v) is 6.54. The van der Waals surface area contributed by atoms with E-state index >= 15 is 0 Å². The molecule has 0 fully saturated rings. The SMILES string of the molecule is Cc1ccc(C(=O)O)cc1N1C(=O)c2cccc3c(Nc4ccc(Br)cc4)c([N+](=O)[O-])cc(c23)C1=O. The minimum absolute atomic E-state index is 0.0200. The summed E-state index contributed by atoms with van der Waals surface area (Å²) in [5.74, 6) is -2.63. The van der Waals surface area contributed by atoms with Crippen LogP contribution in [0.2, 0.25) is 0 Å². The van der Waals surface area contributed by atoms with Gasteiger partial charge in [-0.05, 0) is 55.0 Å². The van der Waals surface area contributed by atoms with E-state index in [2.05, 4.69) is 21.2 Å². The number of nitrogens with zero attached hydrogens (tertiary/aromatic N) is 2. The number of nitro benzene ring substituents is 1. The van der Waals surface area contributed by atoms with Gasteiger partial charge in [-0.2, -0.15) is 0 Å². The molecule has 4 aromatic rings. The molecule has 36 heavy (non-hydrogen) atoms. The first kappa shape index (κ1) is 23.2. The molecule has 0 spiro atoms. The number of carbonyl (C=O) groups is 3. The van der Waals surface area contributed by atoms with Crippen LogP contribution in [0.25, 0.3) is 10.8 Å². The second kappa shape index (κ2) is 8.58. The smallest absolute Gasteiger partial charge is 0.335 e. The lowest BCUT2D eigenvalue weighted by Crippen LogP contribution is -2.41. The van der Waals surface area contributed by atoms with Crippen LogP contribution in [0, 0.1) is 17.0 Å². The number of benzene rings is 4. The molecule has 4 aromatic carbocycles. The van der Waals surface area contributed by atoms with Crippen molar-refractivity contribution in [3.63, 3.8) is 0 Å². The summed E-state index contributed by atoms with van der Waals surface area (Å²) in [6.07, 6.45) is 0. The van der Waals surface area contributed by atoms with Crippen molar-refractivity contribution in [1.29, 1.82) is 0 Å². The minimum atomic E-state index is -1.21. The van der Waals surface area contributed by atoms with Gasteiger partial charge in [0.25, 0.3) is 17.5 Å². The number of nitro groups is 1. The van der Waals surface area contributed by atoms with Crippen molar-refractivity contribution < 1.29 is 24.4 Å². The summed E-state index contributed by atoms with van der Waals surface area (Å²) in [4.78, 5) is 51.1. The molecule has 9 nitrogen and oxygen atoms in total. The van der Waals surface area contributed by atoms with Crippen molar-refractivity contribution >= 4 is 67.2 Å². The van der Waals surface area contributed by atoms with Crippen LogP contribution in [0.1, 0.15) is 36.6 Å². The van der Waals surface area contributed by atoms with E-state index in [1.165, 1.54) is 18.2 Å². The summed E-state index contributed by atoms with van der Waals surface area (Å²) in [6.45, 7) is 1.64. The molecule has 2 N–H and O–H groups in total. The Bertz CT molecular complexity index is 1630. The first-order valence-corrected chi connectivity index (χ1v) is 11.5. The molecule has 0 unspecified atom stereocenters. The highest BCUT2D eigenvalue weighted by molar-refractivity contribution is 9.10. The first-order valence-electron chi connectivity index (χ1n) is 10.7. The maximum absolute atomic E-state index is 13.6. The van der Waals surface area contributed by atoms with Crippen molar-refractivity contribution in [3.8, 4) is 0 Å². The number of aryl methyl sites for hydroxylation is 1. The zero-order valence-corrected chi connectivity index (χ0v) is 20.2. The monoisotopic (exact) mass is 545 g/mol. The molecular weight excluding hydrogens is 530 g/mol. The van der Waals surface area contributed by atoms with Crippen LogP contribution in [-0.2, 0) is 0 Å². The Morgan fingerprint density at radius 3 is 2.36 bits per heavy atom. The van der Waals surface area contributed by atoms with E-state index in [0.29, 0.717) is 22.0 Å². The van der Waals surface area contributed by atoms with Gasteiger partial charge in [0.1, 0.15) is 5.69 Å². The molecule has 178 valence electrons. The lowest BCUT2D eigenvalue weighted by Gasteiger charge is -2.29. The molecule has 1 aliphatic rings. The van der Waals surface area contributed by atoms with Gasteiger partial charge in [-0.15, -0.1) is 0 Å². The maximum Gasteiger partial charge on any atom is 0.335 e. The molecular formula is C26H16BrN3O6. The second-order valence-corrected chi connectivity index (χ2v) is 9.10. The lowest BCUT2D eigenvalue weighted by atomic mass is 9.91. The van der Waals surface area contributed by atoms with Crippen molar-refractivity contribution in [1.82, 2.24) is 0 Å². The number of anilines is 3. The van der Waals surface area contributed by atoms with Crippen LogP contribution >= 0.6 is 15.9 Å². The van der Waals surface area contributed by atoms with Crippen molar-refractivity contribution in [2.75, 3.05) is 10.2 Å². The van der Waals surface area contributed by atoms with Gasteiger partial charge >= 0.3 is 5.97 Å². The van der Waals surface area contributed by atoms with E-state index in [1.807, 2.05) is 0 Å². The van der Waals surface area contributed by atoms with Crippen LogP contribution in [0.15, 0.2) is 71.2 Å². The summed E-state index contributed by atoms with van der Waals surface area (Å²) in [5, 5.41) is 25.2. The van der Waals surface area contributed by atoms with E-state index in [1.54, 1.807) is 49.4 Å². The topological polar surface area (TPSA) is 130 Å². The fourth-order valence-corrected chi connectivity index (χ4v) is 4.57. The molecule has 0 aromatic heterocycles. The predicted molar refractivity (Wildman–Crippen MR) is 137 cm³/mol. The number of carboxylic acids is 1. The average Bonchev–Trinajstić information content (AvgIpc) is 2.85. The van der Waals surface area contributed by atoms with Crippen LogP contribution in [-0.4, -0.2) is 27.8 Å². The highest BCUT2D eigenvalue weighted by Gasteiger charge is 2.37. The third-order valence-electron chi connectivity index (χ3n) is 6.01. The van der Waals surface area contributed by atoms with Crippen molar-refractivity contribution in [2.24, 2.45) is 0 Å². The number of carboxylic acid groups (broad SMARTS) is 1. The summed E-state index contributed by atoms with van der Waals surface area (Å²) in [6, 6.07) is 17.0. The van der Waals surface area contributed by atoms with Crippen LogP contribution in [0.4, 0.5) is 22.7 Å². The van der Waals surface area contributed by atoms with Gasteiger partial charge in [0.2, 0.25) is 0 Å². The zero-order chi connectivity index (χ0) is 25.7. The Labute approximate surface area is 212 Å². The fraction of sp³-hybridized carbons (Fsp3) is 0.0385. The molecule has 2 amide bonds. The summed E-state index contributed by atoms with van der Waals surface area (Å²) in [5.41, 5.74) is 1.06. The Morgan fingerprint density at radius 2 is 1.69 bits per heavy atom. The van der Waals surface area contributed by atoms with Gasteiger partial charge in [-0.1, -0.05) is 34.1 Å². The number of carbonyl (C=O) groups excluding carboxylic acids is 2. The number of amides is 2. The molecule has 5 rings (SSSR count). The van der Waals surface area contributed by atoms with Gasteiger partial charge < -0.3 is 10.4 Å². The highest BCUT2D eigenvalue weighted by atomic mass is 79.9. The number of halogens is 1. The summed E-state index contributed by atoms with van der Waals surface area (Å²) < 4.78 is 0.831. The van der Waals surface area contributed by atoms with E-state index in [4.69, 9.17) is 0 Å². The molecule has 0 bridgehead atoms. The normalized spacial score (nSPS) is 12.7. The fourth-order valence-electron chi connectivity index (χ4n) is 4.30. The first-order chi connectivity index (χ1) is 17.2. The highest BCUT2D eigenvalue weighted by Crippen LogP contribution is 2.42. The number of nitrogens with one attached hydrogen (secondary N) is 1.